The molecular formula is C9H21N3O3S. The van der Waals surface area contributed by atoms with Gasteiger partial charge < -0.3 is 10.1 Å². The van der Waals surface area contributed by atoms with Gasteiger partial charge in [-0.1, -0.05) is 0 Å². The SMILES string of the molecule is COCCNCC1CCCN(S(N)(=O)=O)C1. The molecule has 7 heteroatoms. The zero-order chi connectivity index (χ0) is 12.0. The Morgan fingerprint density at radius 3 is 2.94 bits per heavy atom. The first-order valence-electron chi connectivity index (χ1n) is 5.51. The van der Waals surface area contributed by atoms with Gasteiger partial charge in [-0.2, -0.15) is 12.7 Å². The summed E-state index contributed by atoms with van der Waals surface area (Å²) in [5.41, 5.74) is 0. The molecule has 1 heterocycles. The fraction of sp³-hybridized carbons (Fsp3) is 1.00. The van der Waals surface area contributed by atoms with Crippen LogP contribution >= 0.6 is 0 Å². The maximum atomic E-state index is 11.2. The van der Waals surface area contributed by atoms with Crippen LogP contribution in [0.5, 0.6) is 0 Å². The van der Waals surface area contributed by atoms with E-state index in [2.05, 4.69) is 5.32 Å². The van der Waals surface area contributed by atoms with E-state index in [1.807, 2.05) is 0 Å². The molecule has 1 rings (SSSR count). The van der Waals surface area contributed by atoms with E-state index in [0.29, 0.717) is 25.6 Å². The minimum absolute atomic E-state index is 0.351. The summed E-state index contributed by atoms with van der Waals surface area (Å²) in [7, 11) is -1.86. The van der Waals surface area contributed by atoms with Crippen molar-refractivity contribution in [3.8, 4) is 0 Å². The molecule has 0 saturated carbocycles. The van der Waals surface area contributed by atoms with Crippen LogP contribution in [0.25, 0.3) is 0 Å². The Hall–Kier alpha value is -0.210. The third-order valence-electron chi connectivity index (χ3n) is 2.76. The third kappa shape index (κ3) is 4.75. The number of nitrogens with one attached hydrogen (secondary N) is 1. The monoisotopic (exact) mass is 251 g/mol. The number of rotatable bonds is 6. The van der Waals surface area contributed by atoms with Crippen molar-refractivity contribution in [2.75, 3.05) is 39.9 Å². The van der Waals surface area contributed by atoms with E-state index >= 15 is 0 Å². The number of nitrogens with zero attached hydrogens (tertiary/aromatic N) is 1. The first-order valence-corrected chi connectivity index (χ1v) is 7.02. The standard InChI is InChI=1S/C9H21N3O3S/c1-15-6-4-11-7-9-3-2-5-12(8-9)16(10,13)14/h9,11H,2-8H2,1H3,(H2,10,13,14). The highest BCUT2D eigenvalue weighted by Crippen LogP contribution is 2.16. The number of piperidine rings is 1. The Morgan fingerprint density at radius 2 is 2.31 bits per heavy atom. The second-order valence-electron chi connectivity index (χ2n) is 4.11. The lowest BCUT2D eigenvalue weighted by atomic mass is 10.00. The first kappa shape index (κ1) is 13.9. The number of hydrogen-bond acceptors (Lipinski definition) is 4. The fourth-order valence-electron chi connectivity index (χ4n) is 1.91. The highest BCUT2D eigenvalue weighted by atomic mass is 32.2. The Morgan fingerprint density at radius 1 is 1.56 bits per heavy atom. The molecule has 16 heavy (non-hydrogen) atoms. The molecule has 0 radical (unpaired) electrons. The molecule has 6 nitrogen and oxygen atoms in total. The highest BCUT2D eigenvalue weighted by molar-refractivity contribution is 7.86. The van der Waals surface area contributed by atoms with Crippen molar-refractivity contribution in [1.82, 2.24) is 9.62 Å². The zero-order valence-corrected chi connectivity index (χ0v) is 10.5. The molecule has 1 aliphatic rings. The van der Waals surface area contributed by atoms with Crippen LogP contribution in [-0.4, -0.2) is 52.6 Å². The molecule has 3 N–H and O–H groups in total. The van der Waals surface area contributed by atoms with Gasteiger partial charge in [0, 0.05) is 26.7 Å². The van der Waals surface area contributed by atoms with Crippen LogP contribution in [0.3, 0.4) is 0 Å². The number of nitrogens with two attached hydrogens (primary N) is 1. The molecule has 1 unspecified atom stereocenters. The van der Waals surface area contributed by atoms with Gasteiger partial charge in [-0.3, -0.25) is 0 Å². The van der Waals surface area contributed by atoms with Crippen molar-refractivity contribution in [3.63, 3.8) is 0 Å². The van der Waals surface area contributed by atoms with Gasteiger partial charge in [0.2, 0.25) is 0 Å². The van der Waals surface area contributed by atoms with E-state index in [1.165, 1.54) is 4.31 Å². The summed E-state index contributed by atoms with van der Waals surface area (Å²) >= 11 is 0. The van der Waals surface area contributed by atoms with Crippen molar-refractivity contribution >= 4 is 10.2 Å². The minimum Gasteiger partial charge on any atom is -0.383 e. The second-order valence-corrected chi connectivity index (χ2v) is 5.65. The van der Waals surface area contributed by atoms with Gasteiger partial charge in [-0.05, 0) is 25.3 Å². The van der Waals surface area contributed by atoms with Crippen LogP contribution in [0, 0.1) is 5.92 Å². The van der Waals surface area contributed by atoms with Crippen LogP contribution in [-0.2, 0) is 14.9 Å². The molecule has 1 atom stereocenters. The maximum absolute atomic E-state index is 11.2. The highest BCUT2D eigenvalue weighted by Gasteiger charge is 2.25. The summed E-state index contributed by atoms with van der Waals surface area (Å²) in [4.78, 5) is 0. The van der Waals surface area contributed by atoms with E-state index in [9.17, 15) is 8.42 Å². The number of hydrogen-bond donors (Lipinski definition) is 2. The lowest BCUT2D eigenvalue weighted by Gasteiger charge is -2.30. The summed E-state index contributed by atoms with van der Waals surface area (Å²) < 4.78 is 28.6. The van der Waals surface area contributed by atoms with Crippen molar-refractivity contribution in [2.24, 2.45) is 11.1 Å². The van der Waals surface area contributed by atoms with Crippen molar-refractivity contribution in [1.29, 1.82) is 0 Å². The van der Waals surface area contributed by atoms with E-state index in [0.717, 1.165) is 25.9 Å². The average molecular weight is 251 g/mol. The molecule has 0 aromatic carbocycles. The molecule has 0 aromatic heterocycles. The van der Waals surface area contributed by atoms with Crippen LogP contribution in [0.15, 0.2) is 0 Å². The van der Waals surface area contributed by atoms with E-state index < -0.39 is 10.2 Å². The normalized spacial score (nSPS) is 23.5. The topological polar surface area (TPSA) is 84.7 Å². The van der Waals surface area contributed by atoms with E-state index in [-0.39, 0.29) is 0 Å². The summed E-state index contributed by atoms with van der Waals surface area (Å²) in [6, 6.07) is 0. The molecule has 96 valence electrons. The molecule has 0 amide bonds. The quantitative estimate of drug-likeness (QED) is 0.602. The fourth-order valence-corrected chi connectivity index (χ4v) is 2.71. The van der Waals surface area contributed by atoms with E-state index in [1.54, 1.807) is 7.11 Å². The summed E-state index contributed by atoms with van der Waals surface area (Å²) in [6.45, 7) is 3.36. The van der Waals surface area contributed by atoms with Gasteiger partial charge >= 0.3 is 0 Å². The van der Waals surface area contributed by atoms with Gasteiger partial charge in [0.1, 0.15) is 0 Å². The molecule has 1 fully saturated rings. The third-order valence-corrected chi connectivity index (χ3v) is 3.81. The van der Waals surface area contributed by atoms with Gasteiger partial charge in [0.05, 0.1) is 6.61 Å². The number of ether oxygens (including phenoxy) is 1. The number of methoxy groups -OCH3 is 1. The largest absolute Gasteiger partial charge is 0.383 e. The lowest BCUT2D eigenvalue weighted by Crippen LogP contribution is -2.45. The molecule has 0 aliphatic carbocycles. The molecular weight excluding hydrogens is 230 g/mol. The van der Waals surface area contributed by atoms with Gasteiger partial charge in [-0.15, -0.1) is 0 Å². The van der Waals surface area contributed by atoms with Crippen LogP contribution in [0.1, 0.15) is 12.8 Å². The van der Waals surface area contributed by atoms with Crippen molar-refractivity contribution in [2.45, 2.75) is 12.8 Å². The predicted octanol–water partition coefficient (Wildman–Crippen LogP) is -0.862. The van der Waals surface area contributed by atoms with Crippen molar-refractivity contribution in [3.05, 3.63) is 0 Å². The van der Waals surface area contributed by atoms with Crippen LogP contribution in [0.4, 0.5) is 0 Å². The summed E-state index contributed by atoms with van der Waals surface area (Å²) in [6.07, 6.45) is 1.93. The van der Waals surface area contributed by atoms with Crippen molar-refractivity contribution < 1.29 is 13.2 Å². The predicted molar refractivity (Wildman–Crippen MR) is 62.1 cm³/mol. The van der Waals surface area contributed by atoms with Crippen LogP contribution in [0.2, 0.25) is 0 Å². The molecule has 1 saturated heterocycles. The Labute approximate surface area is 97.3 Å². The maximum Gasteiger partial charge on any atom is 0.276 e. The smallest absolute Gasteiger partial charge is 0.276 e. The van der Waals surface area contributed by atoms with E-state index in [4.69, 9.17) is 9.88 Å². The Kier molecular flexibility index (Phi) is 5.63. The van der Waals surface area contributed by atoms with Gasteiger partial charge in [0.15, 0.2) is 0 Å². The molecule has 0 bridgehead atoms. The van der Waals surface area contributed by atoms with Crippen LogP contribution < -0.4 is 10.5 Å². The summed E-state index contributed by atoms with van der Waals surface area (Å²) in [5, 5.41) is 8.35. The minimum atomic E-state index is -3.51. The average Bonchev–Trinajstić information content (AvgIpc) is 2.24. The molecule has 0 spiro atoms. The summed E-state index contributed by atoms with van der Waals surface area (Å²) in [5.74, 6) is 0.351. The molecule has 1 aliphatic heterocycles. The van der Waals surface area contributed by atoms with Gasteiger partial charge in [0.25, 0.3) is 10.2 Å². The van der Waals surface area contributed by atoms with Gasteiger partial charge in [-0.25, -0.2) is 5.14 Å². The molecule has 0 aromatic rings. The Balaban J connectivity index is 2.28. The first-order chi connectivity index (χ1) is 7.54. The zero-order valence-electron chi connectivity index (χ0n) is 9.68. The lowest BCUT2D eigenvalue weighted by molar-refractivity contribution is 0.193. The Bertz CT molecular complexity index is 294. The second kappa shape index (κ2) is 6.51.